The predicted octanol–water partition coefficient (Wildman–Crippen LogP) is 2.89. The van der Waals surface area contributed by atoms with Gasteiger partial charge >= 0.3 is 5.97 Å². The number of rotatable bonds is 3. The third kappa shape index (κ3) is 2.42. The lowest BCUT2D eigenvalue weighted by molar-refractivity contribution is -0.136. The fourth-order valence-electron chi connectivity index (χ4n) is 1.73. The highest BCUT2D eigenvalue weighted by Gasteiger charge is 2.14. The number of aromatic nitrogens is 1. The SMILES string of the molecule is Cc1ccc(-c2nc(CC(=O)O)c(C)o2)cc1C. The van der Waals surface area contributed by atoms with Crippen molar-refractivity contribution in [1.29, 1.82) is 0 Å². The maximum atomic E-state index is 10.7. The molecule has 1 N–H and O–H groups in total. The van der Waals surface area contributed by atoms with Crippen LogP contribution in [-0.4, -0.2) is 16.1 Å². The molecule has 0 saturated carbocycles. The first-order valence-corrected chi connectivity index (χ1v) is 5.73. The highest BCUT2D eigenvalue weighted by atomic mass is 16.4. The lowest BCUT2D eigenvalue weighted by Gasteiger charge is -2.01. The van der Waals surface area contributed by atoms with E-state index in [0.717, 1.165) is 11.1 Å². The van der Waals surface area contributed by atoms with Crippen molar-refractivity contribution in [3.8, 4) is 11.5 Å². The third-order valence-corrected chi connectivity index (χ3v) is 2.97. The normalized spacial score (nSPS) is 10.6. The number of carboxylic acid groups (broad SMARTS) is 1. The molecule has 0 radical (unpaired) electrons. The molecule has 1 heterocycles. The molecule has 4 nitrogen and oxygen atoms in total. The van der Waals surface area contributed by atoms with Crippen LogP contribution >= 0.6 is 0 Å². The van der Waals surface area contributed by atoms with Crippen LogP contribution in [0, 0.1) is 20.8 Å². The first kappa shape index (κ1) is 12.4. The van der Waals surface area contributed by atoms with Gasteiger partial charge in [0.25, 0.3) is 0 Å². The van der Waals surface area contributed by atoms with Gasteiger partial charge in [0.1, 0.15) is 5.76 Å². The Morgan fingerprint density at radius 2 is 2.00 bits per heavy atom. The summed E-state index contributed by atoms with van der Waals surface area (Å²) in [7, 11) is 0. The van der Waals surface area contributed by atoms with Crippen molar-refractivity contribution in [2.24, 2.45) is 0 Å². The highest BCUT2D eigenvalue weighted by molar-refractivity contribution is 5.70. The maximum absolute atomic E-state index is 10.7. The Hall–Kier alpha value is -2.10. The molecule has 0 atom stereocenters. The van der Waals surface area contributed by atoms with E-state index in [2.05, 4.69) is 4.98 Å². The van der Waals surface area contributed by atoms with Crippen LogP contribution in [0.25, 0.3) is 11.5 Å². The minimum atomic E-state index is -0.905. The van der Waals surface area contributed by atoms with Crippen LogP contribution in [0.15, 0.2) is 22.6 Å². The van der Waals surface area contributed by atoms with Gasteiger partial charge in [0, 0.05) is 5.56 Å². The number of nitrogens with zero attached hydrogens (tertiary/aromatic N) is 1. The molecule has 0 unspecified atom stereocenters. The Morgan fingerprint density at radius 3 is 2.61 bits per heavy atom. The Labute approximate surface area is 105 Å². The zero-order chi connectivity index (χ0) is 13.3. The average molecular weight is 245 g/mol. The maximum Gasteiger partial charge on any atom is 0.309 e. The van der Waals surface area contributed by atoms with Gasteiger partial charge in [-0.1, -0.05) is 6.07 Å². The van der Waals surface area contributed by atoms with Crippen LogP contribution < -0.4 is 0 Å². The Kier molecular flexibility index (Phi) is 3.19. The summed E-state index contributed by atoms with van der Waals surface area (Å²) >= 11 is 0. The number of benzene rings is 1. The van der Waals surface area contributed by atoms with Gasteiger partial charge in [0.15, 0.2) is 0 Å². The molecule has 94 valence electrons. The molecule has 2 aromatic rings. The second-order valence-corrected chi connectivity index (χ2v) is 4.39. The van der Waals surface area contributed by atoms with Crippen LogP contribution in [0.4, 0.5) is 0 Å². The number of oxazole rings is 1. The molecule has 2 rings (SSSR count). The van der Waals surface area contributed by atoms with Gasteiger partial charge in [-0.3, -0.25) is 4.79 Å². The van der Waals surface area contributed by atoms with E-state index >= 15 is 0 Å². The summed E-state index contributed by atoms with van der Waals surface area (Å²) in [5, 5.41) is 8.77. The number of carboxylic acids is 1. The molecule has 1 aromatic carbocycles. The van der Waals surface area contributed by atoms with Gasteiger partial charge in [-0.05, 0) is 44.0 Å². The van der Waals surface area contributed by atoms with Crippen LogP contribution in [0.1, 0.15) is 22.6 Å². The first-order valence-electron chi connectivity index (χ1n) is 5.73. The molecule has 0 bridgehead atoms. The predicted molar refractivity (Wildman–Crippen MR) is 67.5 cm³/mol. The highest BCUT2D eigenvalue weighted by Crippen LogP contribution is 2.24. The van der Waals surface area contributed by atoms with E-state index in [-0.39, 0.29) is 6.42 Å². The zero-order valence-electron chi connectivity index (χ0n) is 10.7. The lowest BCUT2D eigenvalue weighted by Crippen LogP contribution is -2.01. The molecule has 0 aliphatic carbocycles. The fourth-order valence-corrected chi connectivity index (χ4v) is 1.73. The zero-order valence-corrected chi connectivity index (χ0v) is 10.7. The summed E-state index contributed by atoms with van der Waals surface area (Å²) < 4.78 is 5.52. The first-order chi connectivity index (χ1) is 8.47. The van der Waals surface area contributed by atoms with Crippen molar-refractivity contribution in [1.82, 2.24) is 4.98 Å². The van der Waals surface area contributed by atoms with Crippen molar-refractivity contribution in [3.63, 3.8) is 0 Å². The van der Waals surface area contributed by atoms with E-state index in [0.29, 0.717) is 17.3 Å². The molecule has 4 heteroatoms. The molecule has 0 fully saturated rings. The van der Waals surface area contributed by atoms with E-state index in [4.69, 9.17) is 9.52 Å². The van der Waals surface area contributed by atoms with Crippen LogP contribution in [0.3, 0.4) is 0 Å². The largest absolute Gasteiger partial charge is 0.481 e. The second kappa shape index (κ2) is 4.64. The molecule has 0 saturated heterocycles. The Morgan fingerprint density at radius 1 is 1.28 bits per heavy atom. The number of hydrogen-bond donors (Lipinski definition) is 1. The van der Waals surface area contributed by atoms with Gasteiger partial charge in [0.05, 0.1) is 12.1 Å². The summed E-state index contributed by atoms with van der Waals surface area (Å²) in [6.45, 7) is 5.79. The van der Waals surface area contributed by atoms with Gasteiger partial charge in [-0.15, -0.1) is 0 Å². The summed E-state index contributed by atoms with van der Waals surface area (Å²) in [5.41, 5.74) is 3.71. The quantitative estimate of drug-likeness (QED) is 0.903. The minimum absolute atomic E-state index is 0.111. The number of hydrogen-bond acceptors (Lipinski definition) is 3. The second-order valence-electron chi connectivity index (χ2n) is 4.39. The smallest absolute Gasteiger partial charge is 0.309 e. The van der Waals surface area contributed by atoms with Crippen molar-refractivity contribution in [2.45, 2.75) is 27.2 Å². The van der Waals surface area contributed by atoms with E-state index in [1.807, 2.05) is 32.0 Å². The van der Waals surface area contributed by atoms with Gasteiger partial charge < -0.3 is 9.52 Å². The molecule has 18 heavy (non-hydrogen) atoms. The third-order valence-electron chi connectivity index (χ3n) is 2.97. The topological polar surface area (TPSA) is 63.3 Å². The van der Waals surface area contributed by atoms with Gasteiger partial charge in [-0.2, -0.15) is 0 Å². The molecule has 0 spiro atoms. The van der Waals surface area contributed by atoms with Crippen molar-refractivity contribution >= 4 is 5.97 Å². The van der Waals surface area contributed by atoms with E-state index in [1.165, 1.54) is 5.56 Å². The van der Waals surface area contributed by atoms with E-state index in [1.54, 1.807) is 6.92 Å². The summed E-state index contributed by atoms with van der Waals surface area (Å²) in [6.07, 6.45) is -0.111. The Balaban J connectivity index is 2.39. The van der Waals surface area contributed by atoms with Crippen LogP contribution in [-0.2, 0) is 11.2 Å². The standard InChI is InChI=1S/C14H15NO3/c1-8-4-5-11(6-9(8)2)14-15-12(7-13(16)17)10(3)18-14/h4-6H,7H2,1-3H3,(H,16,17). The monoisotopic (exact) mass is 245 g/mol. The van der Waals surface area contributed by atoms with Crippen molar-refractivity contribution in [2.75, 3.05) is 0 Å². The van der Waals surface area contributed by atoms with Crippen LogP contribution in [0.2, 0.25) is 0 Å². The molecule has 0 aliphatic rings. The number of aryl methyl sites for hydroxylation is 3. The summed E-state index contributed by atoms with van der Waals surface area (Å²) in [5.74, 6) is 0.135. The van der Waals surface area contributed by atoms with E-state index < -0.39 is 5.97 Å². The minimum Gasteiger partial charge on any atom is -0.481 e. The lowest BCUT2D eigenvalue weighted by atomic mass is 10.1. The fraction of sp³-hybridized carbons (Fsp3) is 0.286. The molecular weight excluding hydrogens is 230 g/mol. The van der Waals surface area contributed by atoms with Gasteiger partial charge in [-0.25, -0.2) is 4.98 Å². The molecule has 0 amide bonds. The van der Waals surface area contributed by atoms with E-state index in [9.17, 15) is 4.79 Å². The number of carbonyl (C=O) groups is 1. The number of aliphatic carboxylic acids is 1. The van der Waals surface area contributed by atoms with Crippen molar-refractivity contribution < 1.29 is 14.3 Å². The molecule has 1 aromatic heterocycles. The van der Waals surface area contributed by atoms with Crippen LogP contribution in [0.5, 0.6) is 0 Å². The summed E-state index contributed by atoms with van der Waals surface area (Å²) in [6, 6.07) is 5.92. The molecular formula is C14H15NO3. The molecule has 0 aliphatic heterocycles. The summed E-state index contributed by atoms with van der Waals surface area (Å²) in [4.78, 5) is 14.9. The Bertz CT molecular complexity index is 599. The average Bonchev–Trinajstić information content (AvgIpc) is 2.63. The van der Waals surface area contributed by atoms with Crippen molar-refractivity contribution in [3.05, 3.63) is 40.8 Å². The van der Waals surface area contributed by atoms with Gasteiger partial charge in [0.2, 0.25) is 5.89 Å².